The van der Waals surface area contributed by atoms with E-state index in [1.807, 2.05) is 6.92 Å². The SMILES string of the molecule is CC1CC(N)CCN1Cc1c(F)ccc(Br)c1F. The first-order valence-corrected chi connectivity index (χ1v) is 6.90. The van der Waals surface area contributed by atoms with Gasteiger partial charge < -0.3 is 5.73 Å². The molecule has 2 unspecified atom stereocenters. The summed E-state index contributed by atoms with van der Waals surface area (Å²) >= 11 is 3.09. The third-order valence-corrected chi connectivity index (χ3v) is 4.17. The van der Waals surface area contributed by atoms with E-state index in [4.69, 9.17) is 5.73 Å². The molecule has 0 aromatic heterocycles. The Morgan fingerprint density at radius 1 is 1.44 bits per heavy atom. The van der Waals surface area contributed by atoms with Crippen molar-refractivity contribution < 1.29 is 8.78 Å². The van der Waals surface area contributed by atoms with Gasteiger partial charge in [0.2, 0.25) is 0 Å². The fourth-order valence-electron chi connectivity index (χ4n) is 2.41. The number of hydrogen-bond donors (Lipinski definition) is 1. The van der Waals surface area contributed by atoms with E-state index in [9.17, 15) is 8.78 Å². The van der Waals surface area contributed by atoms with Crippen LogP contribution in [0.2, 0.25) is 0 Å². The van der Waals surface area contributed by atoms with Crippen molar-refractivity contribution >= 4 is 15.9 Å². The van der Waals surface area contributed by atoms with Crippen molar-refractivity contribution in [1.82, 2.24) is 4.90 Å². The lowest BCUT2D eigenvalue weighted by Gasteiger charge is -2.36. The van der Waals surface area contributed by atoms with Crippen LogP contribution in [0.1, 0.15) is 25.3 Å². The maximum absolute atomic E-state index is 13.9. The summed E-state index contributed by atoms with van der Waals surface area (Å²) in [5.74, 6) is -0.991. The summed E-state index contributed by atoms with van der Waals surface area (Å²) in [4.78, 5) is 2.08. The van der Waals surface area contributed by atoms with Gasteiger partial charge in [-0.25, -0.2) is 8.78 Å². The van der Waals surface area contributed by atoms with Gasteiger partial charge in [0.15, 0.2) is 0 Å². The molecular weight excluding hydrogens is 302 g/mol. The molecule has 0 radical (unpaired) electrons. The normalized spacial score (nSPS) is 25.4. The van der Waals surface area contributed by atoms with Crippen LogP contribution >= 0.6 is 15.9 Å². The molecule has 0 amide bonds. The van der Waals surface area contributed by atoms with Crippen LogP contribution in [0.15, 0.2) is 16.6 Å². The van der Waals surface area contributed by atoms with Gasteiger partial charge in [0.25, 0.3) is 0 Å². The number of rotatable bonds is 2. The highest BCUT2D eigenvalue weighted by Gasteiger charge is 2.25. The standard InChI is InChI=1S/C13H17BrF2N2/c1-8-6-9(17)4-5-18(8)7-10-12(15)3-2-11(14)13(10)16/h2-3,8-9H,4-7,17H2,1H3. The van der Waals surface area contributed by atoms with Gasteiger partial charge in [0.1, 0.15) is 11.6 Å². The Kier molecular flexibility index (Phi) is 4.35. The number of hydrogen-bond acceptors (Lipinski definition) is 2. The molecule has 1 aromatic rings. The van der Waals surface area contributed by atoms with Gasteiger partial charge >= 0.3 is 0 Å². The number of likely N-dealkylation sites (tertiary alicyclic amines) is 1. The van der Waals surface area contributed by atoms with Gasteiger partial charge in [-0.2, -0.15) is 0 Å². The smallest absolute Gasteiger partial charge is 0.144 e. The van der Waals surface area contributed by atoms with E-state index in [0.717, 1.165) is 19.4 Å². The summed E-state index contributed by atoms with van der Waals surface area (Å²) in [5, 5.41) is 0. The molecule has 2 nitrogen and oxygen atoms in total. The molecule has 1 aliphatic heterocycles. The lowest BCUT2D eigenvalue weighted by Crippen LogP contribution is -2.45. The number of nitrogens with two attached hydrogens (primary N) is 1. The molecule has 5 heteroatoms. The Balaban J connectivity index is 2.17. The van der Waals surface area contributed by atoms with Crippen molar-refractivity contribution in [3.05, 3.63) is 33.8 Å². The van der Waals surface area contributed by atoms with Gasteiger partial charge in [0.05, 0.1) is 4.47 Å². The summed E-state index contributed by atoms with van der Waals surface area (Å²) < 4.78 is 27.9. The molecule has 0 bridgehead atoms. The summed E-state index contributed by atoms with van der Waals surface area (Å²) in [6, 6.07) is 3.15. The third-order valence-electron chi connectivity index (χ3n) is 3.55. The molecule has 1 aliphatic rings. The highest BCUT2D eigenvalue weighted by atomic mass is 79.9. The molecule has 0 spiro atoms. The van der Waals surface area contributed by atoms with Crippen LogP contribution in [0.3, 0.4) is 0 Å². The second-order valence-electron chi connectivity index (χ2n) is 4.93. The first kappa shape index (κ1) is 13.9. The van der Waals surface area contributed by atoms with Crippen LogP contribution in [0.5, 0.6) is 0 Å². The minimum absolute atomic E-state index is 0.131. The molecule has 1 aromatic carbocycles. The molecule has 18 heavy (non-hydrogen) atoms. The summed E-state index contributed by atoms with van der Waals surface area (Å²) in [6.45, 7) is 3.13. The van der Waals surface area contributed by atoms with Crippen LogP contribution in [-0.4, -0.2) is 23.5 Å². The fraction of sp³-hybridized carbons (Fsp3) is 0.538. The van der Waals surface area contributed by atoms with Gasteiger partial charge in [-0.15, -0.1) is 0 Å². The molecule has 100 valence electrons. The predicted molar refractivity (Wildman–Crippen MR) is 71.1 cm³/mol. The van der Waals surface area contributed by atoms with E-state index < -0.39 is 11.6 Å². The van der Waals surface area contributed by atoms with Crippen molar-refractivity contribution in [2.24, 2.45) is 5.73 Å². The Bertz CT molecular complexity index is 439. The number of benzene rings is 1. The van der Waals surface area contributed by atoms with Crippen molar-refractivity contribution in [2.75, 3.05) is 6.54 Å². The third kappa shape index (κ3) is 2.90. The van der Waals surface area contributed by atoms with Crippen LogP contribution in [0, 0.1) is 11.6 Å². The minimum atomic E-state index is -0.503. The second kappa shape index (κ2) is 5.63. The lowest BCUT2D eigenvalue weighted by atomic mass is 9.98. The molecule has 0 aliphatic carbocycles. The number of nitrogens with zero attached hydrogens (tertiary/aromatic N) is 1. The van der Waals surface area contributed by atoms with Crippen molar-refractivity contribution in [1.29, 1.82) is 0 Å². The van der Waals surface area contributed by atoms with E-state index in [2.05, 4.69) is 20.8 Å². The van der Waals surface area contributed by atoms with Crippen LogP contribution in [0.25, 0.3) is 0 Å². The molecule has 1 saturated heterocycles. The molecule has 0 saturated carbocycles. The number of piperidine rings is 1. The van der Waals surface area contributed by atoms with E-state index in [0.29, 0.717) is 11.0 Å². The van der Waals surface area contributed by atoms with E-state index in [-0.39, 0.29) is 17.6 Å². The topological polar surface area (TPSA) is 29.3 Å². The van der Waals surface area contributed by atoms with Gasteiger partial charge in [-0.1, -0.05) is 0 Å². The Hall–Kier alpha value is -0.520. The summed E-state index contributed by atoms with van der Waals surface area (Å²) in [7, 11) is 0. The highest BCUT2D eigenvalue weighted by Crippen LogP contribution is 2.25. The quantitative estimate of drug-likeness (QED) is 0.849. The first-order valence-electron chi connectivity index (χ1n) is 6.11. The van der Waals surface area contributed by atoms with E-state index in [1.165, 1.54) is 12.1 Å². The molecule has 2 N–H and O–H groups in total. The summed E-state index contributed by atoms with van der Waals surface area (Å²) in [5.41, 5.74) is 6.01. The van der Waals surface area contributed by atoms with Crippen molar-refractivity contribution in [3.8, 4) is 0 Å². The van der Waals surface area contributed by atoms with E-state index in [1.54, 1.807) is 0 Å². The Labute approximate surface area is 114 Å². The highest BCUT2D eigenvalue weighted by molar-refractivity contribution is 9.10. The minimum Gasteiger partial charge on any atom is -0.328 e. The molecular formula is C13H17BrF2N2. The summed E-state index contributed by atoms with van der Waals surface area (Å²) in [6.07, 6.45) is 1.75. The Morgan fingerprint density at radius 2 is 2.17 bits per heavy atom. The maximum atomic E-state index is 13.9. The average Bonchev–Trinajstić information content (AvgIpc) is 2.32. The van der Waals surface area contributed by atoms with Gasteiger partial charge in [0, 0.05) is 30.7 Å². The van der Waals surface area contributed by atoms with Gasteiger partial charge in [-0.3, -0.25) is 4.90 Å². The number of halogens is 3. The molecule has 1 fully saturated rings. The Morgan fingerprint density at radius 3 is 2.83 bits per heavy atom. The van der Waals surface area contributed by atoms with Crippen LogP contribution in [0.4, 0.5) is 8.78 Å². The largest absolute Gasteiger partial charge is 0.328 e. The average molecular weight is 319 g/mol. The zero-order chi connectivity index (χ0) is 13.3. The predicted octanol–water partition coefficient (Wildman–Crippen LogP) is 3.04. The second-order valence-corrected chi connectivity index (χ2v) is 5.78. The van der Waals surface area contributed by atoms with Crippen LogP contribution in [-0.2, 0) is 6.54 Å². The molecule has 2 atom stereocenters. The fourth-order valence-corrected chi connectivity index (χ4v) is 2.78. The zero-order valence-electron chi connectivity index (χ0n) is 10.3. The zero-order valence-corrected chi connectivity index (χ0v) is 11.9. The van der Waals surface area contributed by atoms with Crippen LogP contribution < -0.4 is 5.73 Å². The monoisotopic (exact) mass is 318 g/mol. The maximum Gasteiger partial charge on any atom is 0.144 e. The van der Waals surface area contributed by atoms with Gasteiger partial charge in [-0.05, 0) is 47.8 Å². The molecule has 2 rings (SSSR count). The van der Waals surface area contributed by atoms with Crippen molar-refractivity contribution in [3.63, 3.8) is 0 Å². The first-order chi connectivity index (χ1) is 8.49. The van der Waals surface area contributed by atoms with E-state index >= 15 is 0 Å². The molecule has 1 heterocycles. The van der Waals surface area contributed by atoms with Crippen molar-refractivity contribution in [2.45, 2.75) is 38.4 Å². The lowest BCUT2D eigenvalue weighted by molar-refractivity contribution is 0.136.